The quantitative estimate of drug-likeness (QED) is 0.811. The summed E-state index contributed by atoms with van der Waals surface area (Å²) in [4.78, 5) is 2.56. The first-order valence-electron chi connectivity index (χ1n) is 6.21. The molecule has 86 valence electrons. The summed E-state index contributed by atoms with van der Waals surface area (Å²) in [7, 11) is 0. The highest BCUT2D eigenvalue weighted by molar-refractivity contribution is 5.73. The Kier molecular flexibility index (Phi) is 2.48. The third-order valence-electron chi connectivity index (χ3n) is 3.49. The molecule has 3 rings (SSSR count). The molecule has 0 amide bonds. The van der Waals surface area contributed by atoms with Crippen molar-refractivity contribution in [3.63, 3.8) is 0 Å². The van der Waals surface area contributed by atoms with Gasteiger partial charge in [-0.3, -0.25) is 0 Å². The number of nitrogens with one attached hydrogen (secondary N) is 1. The average Bonchev–Trinajstić information content (AvgIpc) is 3.12. The van der Waals surface area contributed by atoms with E-state index < -0.39 is 0 Å². The van der Waals surface area contributed by atoms with Gasteiger partial charge in [0, 0.05) is 18.6 Å². The molecule has 3 N–H and O–H groups in total. The zero-order valence-electron chi connectivity index (χ0n) is 9.52. The zero-order valence-corrected chi connectivity index (χ0v) is 9.52. The maximum absolute atomic E-state index is 5.66. The first kappa shape index (κ1) is 9.97. The largest absolute Gasteiger partial charge is 0.379 e. The van der Waals surface area contributed by atoms with E-state index in [4.69, 9.17) is 5.73 Å². The van der Waals surface area contributed by atoms with Gasteiger partial charge in [0.05, 0.1) is 11.4 Å². The van der Waals surface area contributed by atoms with Gasteiger partial charge in [0.15, 0.2) is 0 Å². The lowest BCUT2D eigenvalue weighted by Gasteiger charge is -2.37. The molecule has 16 heavy (non-hydrogen) atoms. The lowest BCUT2D eigenvalue weighted by atomic mass is 10.1. The maximum atomic E-state index is 5.66. The molecular formula is C13H19N3. The van der Waals surface area contributed by atoms with Gasteiger partial charge < -0.3 is 16.0 Å². The molecule has 1 aromatic rings. The van der Waals surface area contributed by atoms with E-state index in [0.717, 1.165) is 25.6 Å². The molecule has 0 radical (unpaired) electrons. The van der Waals surface area contributed by atoms with E-state index in [9.17, 15) is 0 Å². The molecule has 1 heterocycles. The first-order chi connectivity index (χ1) is 7.88. The number of nitrogens with two attached hydrogens (primary N) is 1. The predicted octanol–water partition coefficient (Wildman–Crippen LogP) is 1.80. The normalized spacial score (nSPS) is 23.8. The van der Waals surface area contributed by atoms with Crippen LogP contribution in [0.4, 0.5) is 11.4 Å². The summed E-state index contributed by atoms with van der Waals surface area (Å²) in [5.41, 5.74) is 8.31. The van der Waals surface area contributed by atoms with Gasteiger partial charge in [0.1, 0.15) is 0 Å². The summed E-state index contributed by atoms with van der Waals surface area (Å²) < 4.78 is 0. The average molecular weight is 217 g/mol. The van der Waals surface area contributed by atoms with Gasteiger partial charge in [-0.2, -0.15) is 0 Å². The second-order valence-corrected chi connectivity index (χ2v) is 4.82. The van der Waals surface area contributed by atoms with Crippen molar-refractivity contribution in [3.05, 3.63) is 24.3 Å². The van der Waals surface area contributed by atoms with E-state index in [2.05, 4.69) is 34.5 Å². The van der Waals surface area contributed by atoms with Crippen molar-refractivity contribution >= 4 is 11.4 Å². The molecule has 3 heteroatoms. The molecular weight excluding hydrogens is 198 g/mol. The van der Waals surface area contributed by atoms with Crippen molar-refractivity contribution in [2.24, 2.45) is 5.73 Å². The van der Waals surface area contributed by atoms with Crippen molar-refractivity contribution in [3.8, 4) is 0 Å². The summed E-state index contributed by atoms with van der Waals surface area (Å²) in [6.45, 7) is 1.87. The van der Waals surface area contributed by atoms with Crippen LogP contribution in [0.25, 0.3) is 0 Å². The van der Waals surface area contributed by atoms with Crippen LogP contribution in [0.3, 0.4) is 0 Å². The van der Waals surface area contributed by atoms with E-state index >= 15 is 0 Å². The molecule has 1 fully saturated rings. The Morgan fingerprint density at radius 1 is 1.31 bits per heavy atom. The Balaban J connectivity index is 1.87. The molecule has 1 aliphatic carbocycles. The predicted molar refractivity (Wildman–Crippen MR) is 67.9 cm³/mol. The maximum Gasteiger partial charge on any atom is 0.0605 e. The summed E-state index contributed by atoms with van der Waals surface area (Å²) in [5.74, 6) is 0. The van der Waals surface area contributed by atoms with Crippen molar-refractivity contribution in [1.29, 1.82) is 0 Å². The van der Waals surface area contributed by atoms with Crippen molar-refractivity contribution in [1.82, 2.24) is 0 Å². The zero-order chi connectivity index (χ0) is 11.0. The van der Waals surface area contributed by atoms with E-state index in [1.807, 2.05) is 0 Å². The Hall–Kier alpha value is -1.22. The SMILES string of the molecule is NCCC1CN(C2CC2)c2ccccc2N1. The molecule has 0 saturated heterocycles. The Labute approximate surface area is 96.6 Å². The van der Waals surface area contributed by atoms with Crippen LogP contribution in [-0.4, -0.2) is 25.2 Å². The molecule has 1 unspecified atom stereocenters. The van der Waals surface area contributed by atoms with Crippen molar-refractivity contribution < 1.29 is 0 Å². The van der Waals surface area contributed by atoms with Crippen molar-refractivity contribution in [2.45, 2.75) is 31.3 Å². The second kappa shape index (κ2) is 3.98. The summed E-state index contributed by atoms with van der Waals surface area (Å²) in [6.07, 6.45) is 3.75. The Morgan fingerprint density at radius 3 is 2.88 bits per heavy atom. The highest BCUT2D eigenvalue weighted by Crippen LogP contribution is 2.38. The van der Waals surface area contributed by atoms with Crippen LogP contribution in [0, 0.1) is 0 Å². The molecule has 0 spiro atoms. The monoisotopic (exact) mass is 217 g/mol. The lowest BCUT2D eigenvalue weighted by Crippen LogP contribution is -2.43. The number of hydrogen-bond donors (Lipinski definition) is 2. The third-order valence-corrected chi connectivity index (χ3v) is 3.49. The van der Waals surface area contributed by atoms with E-state index in [1.54, 1.807) is 0 Å². The van der Waals surface area contributed by atoms with Gasteiger partial charge >= 0.3 is 0 Å². The van der Waals surface area contributed by atoms with Crippen LogP contribution in [0.5, 0.6) is 0 Å². The van der Waals surface area contributed by atoms with Crippen LogP contribution >= 0.6 is 0 Å². The van der Waals surface area contributed by atoms with Crippen LogP contribution in [0.1, 0.15) is 19.3 Å². The number of nitrogens with zero attached hydrogens (tertiary/aromatic N) is 1. The van der Waals surface area contributed by atoms with Gasteiger partial charge in [0.25, 0.3) is 0 Å². The molecule has 0 bridgehead atoms. The highest BCUT2D eigenvalue weighted by Gasteiger charge is 2.34. The third kappa shape index (κ3) is 1.76. The van der Waals surface area contributed by atoms with Crippen LogP contribution in [0.15, 0.2) is 24.3 Å². The minimum atomic E-state index is 0.514. The van der Waals surface area contributed by atoms with Crippen LogP contribution < -0.4 is 16.0 Å². The minimum absolute atomic E-state index is 0.514. The molecule has 0 aromatic heterocycles. The molecule has 2 aliphatic rings. The van der Waals surface area contributed by atoms with Gasteiger partial charge in [-0.05, 0) is 37.9 Å². The smallest absolute Gasteiger partial charge is 0.0605 e. The molecule has 3 nitrogen and oxygen atoms in total. The van der Waals surface area contributed by atoms with E-state index in [0.29, 0.717) is 6.04 Å². The first-order valence-corrected chi connectivity index (χ1v) is 6.21. The fourth-order valence-electron chi connectivity index (χ4n) is 2.54. The number of hydrogen-bond acceptors (Lipinski definition) is 3. The topological polar surface area (TPSA) is 41.3 Å². The number of benzene rings is 1. The molecule has 1 aliphatic heterocycles. The van der Waals surface area contributed by atoms with Gasteiger partial charge in [-0.15, -0.1) is 0 Å². The van der Waals surface area contributed by atoms with Crippen LogP contribution in [0.2, 0.25) is 0 Å². The van der Waals surface area contributed by atoms with Crippen molar-refractivity contribution in [2.75, 3.05) is 23.3 Å². The number of rotatable bonds is 3. The van der Waals surface area contributed by atoms with Gasteiger partial charge in [0.2, 0.25) is 0 Å². The fraction of sp³-hybridized carbons (Fsp3) is 0.538. The minimum Gasteiger partial charge on any atom is -0.379 e. The lowest BCUT2D eigenvalue weighted by molar-refractivity contribution is 0.610. The van der Waals surface area contributed by atoms with Crippen LogP contribution in [-0.2, 0) is 0 Å². The fourth-order valence-corrected chi connectivity index (χ4v) is 2.54. The number of para-hydroxylation sites is 2. The Morgan fingerprint density at radius 2 is 2.12 bits per heavy atom. The summed E-state index contributed by atoms with van der Waals surface area (Å²) in [6, 6.07) is 9.91. The van der Waals surface area contributed by atoms with E-state index in [-0.39, 0.29) is 0 Å². The number of anilines is 2. The molecule has 1 saturated carbocycles. The Bertz CT molecular complexity index is 373. The highest BCUT2D eigenvalue weighted by atomic mass is 15.2. The van der Waals surface area contributed by atoms with Gasteiger partial charge in [-0.25, -0.2) is 0 Å². The second-order valence-electron chi connectivity index (χ2n) is 4.82. The summed E-state index contributed by atoms with van der Waals surface area (Å²) >= 11 is 0. The number of fused-ring (bicyclic) bond motifs is 1. The van der Waals surface area contributed by atoms with E-state index in [1.165, 1.54) is 24.2 Å². The standard InChI is InChI=1S/C13H19N3/c14-8-7-10-9-16(11-5-6-11)13-4-2-1-3-12(13)15-10/h1-4,10-11,15H,5-9,14H2. The van der Waals surface area contributed by atoms with Gasteiger partial charge in [-0.1, -0.05) is 12.1 Å². The molecule has 1 aromatic carbocycles. The summed E-state index contributed by atoms with van der Waals surface area (Å²) in [5, 5.41) is 3.59. The molecule has 1 atom stereocenters.